The van der Waals surface area contributed by atoms with Gasteiger partial charge in [-0.2, -0.15) is 0 Å². The topological polar surface area (TPSA) is 3.24 Å². The molecule has 0 heterocycles. The van der Waals surface area contributed by atoms with Gasteiger partial charge >= 0.3 is 0 Å². The number of hydrogen-bond donors (Lipinski definition) is 0. The highest BCUT2D eigenvalue weighted by Gasteiger charge is 2.16. The van der Waals surface area contributed by atoms with Crippen molar-refractivity contribution < 1.29 is 0 Å². The van der Waals surface area contributed by atoms with Gasteiger partial charge in [-0.25, -0.2) is 0 Å². The van der Waals surface area contributed by atoms with Crippen LogP contribution in [-0.4, -0.2) is 0 Å². The smallest absolute Gasteiger partial charge is 0.0533 e. The zero-order valence-electron chi connectivity index (χ0n) is 16.6. The number of nitrogens with zero attached hydrogens (tertiary/aromatic N) is 1. The van der Waals surface area contributed by atoms with Crippen molar-refractivity contribution in [3.8, 4) is 11.1 Å². The largest absolute Gasteiger partial charge is 0.310 e. The number of anilines is 2. The summed E-state index contributed by atoms with van der Waals surface area (Å²) in [4.78, 5) is 2.27. The minimum Gasteiger partial charge on any atom is -0.310 e. The Hall–Kier alpha value is -3.36. The molecule has 0 aliphatic heterocycles. The summed E-state index contributed by atoms with van der Waals surface area (Å²) in [6, 6.07) is 37.9. The van der Waals surface area contributed by atoms with E-state index in [0.717, 1.165) is 27.1 Å². The van der Waals surface area contributed by atoms with Gasteiger partial charge in [0.05, 0.1) is 5.70 Å². The van der Waals surface area contributed by atoms with E-state index >= 15 is 0 Å². The fraction of sp³-hybridized carbons (Fsp3) is 0. The second-order valence-electron chi connectivity index (χ2n) is 6.88. The molecule has 0 fully saturated rings. The average molecular weight is 452 g/mol. The van der Waals surface area contributed by atoms with E-state index in [2.05, 4.69) is 131 Å². The van der Waals surface area contributed by atoms with E-state index in [4.69, 9.17) is 0 Å². The summed E-state index contributed by atoms with van der Waals surface area (Å²) in [7, 11) is 0. The molecule has 1 nitrogen and oxygen atoms in total. The van der Waals surface area contributed by atoms with Crippen LogP contribution in [0.4, 0.5) is 11.4 Å². The molecule has 0 saturated carbocycles. The molecule has 0 aliphatic carbocycles. The van der Waals surface area contributed by atoms with Crippen molar-refractivity contribution >= 4 is 33.0 Å². The van der Waals surface area contributed by atoms with Crippen LogP contribution in [0.1, 0.15) is 5.56 Å². The lowest BCUT2D eigenvalue weighted by atomic mass is 10.0. The Morgan fingerprint density at radius 1 is 0.633 bits per heavy atom. The van der Waals surface area contributed by atoms with Gasteiger partial charge in [-0.15, -0.1) is 0 Å². The number of benzene rings is 4. The Bertz CT molecular complexity index is 1130. The molecule has 0 aromatic heterocycles. The molecular formula is C28H22BrN. The highest BCUT2D eigenvalue weighted by molar-refractivity contribution is 9.10. The summed E-state index contributed by atoms with van der Waals surface area (Å²) in [6.45, 7) is 3.95. The van der Waals surface area contributed by atoms with E-state index in [9.17, 15) is 0 Å². The third kappa shape index (κ3) is 4.45. The first-order valence-corrected chi connectivity index (χ1v) is 10.6. The molecule has 4 aromatic carbocycles. The summed E-state index contributed by atoms with van der Waals surface area (Å²) in [5.74, 6) is 0. The van der Waals surface area contributed by atoms with Crippen molar-refractivity contribution in [1.29, 1.82) is 0 Å². The summed E-state index contributed by atoms with van der Waals surface area (Å²) in [5.41, 5.74) is 6.80. The van der Waals surface area contributed by atoms with Crippen LogP contribution < -0.4 is 4.90 Å². The normalized spacial score (nSPS) is 11.2. The van der Waals surface area contributed by atoms with Gasteiger partial charge in [0.2, 0.25) is 0 Å². The third-order valence-corrected chi connectivity index (χ3v) is 5.43. The lowest BCUT2D eigenvalue weighted by molar-refractivity contribution is 1.29. The lowest BCUT2D eigenvalue weighted by Gasteiger charge is -2.28. The lowest BCUT2D eigenvalue weighted by Crippen LogP contribution is -2.15. The maximum absolute atomic E-state index is 3.95. The second-order valence-corrected chi connectivity index (χ2v) is 7.79. The minimum atomic E-state index is 1.08. The predicted octanol–water partition coefficient (Wildman–Crippen LogP) is 8.48. The predicted molar refractivity (Wildman–Crippen MR) is 133 cm³/mol. The zero-order chi connectivity index (χ0) is 20.8. The molecule has 30 heavy (non-hydrogen) atoms. The summed E-state index contributed by atoms with van der Waals surface area (Å²) in [6.07, 6.45) is 3.90. The van der Waals surface area contributed by atoms with E-state index in [0.29, 0.717) is 0 Å². The molecule has 0 aliphatic rings. The van der Waals surface area contributed by atoms with Gasteiger partial charge < -0.3 is 4.90 Å². The highest BCUT2D eigenvalue weighted by atomic mass is 79.9. The summed E-state index contributed by atoms with van der Waals surface area (Å²) in [5, 5.41) is 0. The molecule has 0 radical (unpaired) electrons. The van der Waals surface area contributed by atoms with Crippen LogP contribution in [-0.2, 0) is 0 Å². The molecule has 0 atom stereocenters. The van der Waals surface area contributed by atoms with Gasteiger partial charge in [0.25, 0.3) is 0 Å². The van der Waals surface area contributed by atoms with E-state index in [1.165, 1.54) is 11.1 Å². The molecule has 0 amide bonds. The van der Waals surface area contributed by atoms with Crippen molar-refractivity contribution in [2.24, 2.45) is 0 Å². The fourth-order valence-electron chi connectivity index (χ4n) is 3.47. The first-order valence-electron chi connectivity index (χ1n) is 9.85. The van der Waals surface area contributed by atoms with E-state index in [1.807, 2.05) is 18.2 Å². The zero-order valence-corrected chi connectivity index (χ0v) is 18.2. The molecule has 0 saturated heterocycles. The van der Waals surface area contributed by atoms with Crippen LogP contribution in [0.2, 0.25) is 0 Å². The summed E-state index contributed by atoms with van der Waals surface area (Å²) >= 11 is 3.51. The van der Waals surface area contributed by atoms with Gasteiger partial charge in [-0.1, -0.05) is 101 Å². The standard InChI is InChI=1S/C28H22BrN/c1-2-9-28(24-10-5-3-6-11-24)30(26-12-7-4-8-13-26)27-20-16-23(17-21-27)22-14-18-25(29)19-15-22/h2-21H,1H2/b28-9+. The van der Waals surface area contributed by atoms with Crippen molar-refractivity contribution in [3.63, 3.8) is 0 Å². The molecular weight excluding hydrogens is 430 g/mol. The van der Waals surface area contributed by atoms with Gasteiger partial charge in [0.15, 0.2) is 0 Å². The van der Waals surface area contributed by atoms with Crippen molar-refractivity contribution in [1.82, 2.24) is 0 Å². The molecule has 4 rings (SSSR count). The van der Waals surface area contributed by atoms with Gasteiger partial charge in [0.1, 0.15) is 0 Å². The maximum Gasteiger partial charge on any atom is 0.0533 e. The van der Waals surface area contributed by atoms with Crippen LogP contribution in [0.15, 0.2) is 132 Å². The first kappa shape index (κ1) is 19.9. The van der Waals surface area contributed by atoms with Gasteiger partial charge in [0, 0.05) is 15.8 Å². The third-order valence-electron chi connectivity index (χ3n) is 4.90. The van der Waals surface area contributed by atoms with Crippen LogP contribution in [0.25, 0.3) is 16.8 Å². The number of para-hydroxylation sites is 1. The number of allylic oxidation sites excluding steroid dienone is 2. The van der Waals surface area contributed by atoms with Crippen LogP contribution in [0.3, 0.4) is 0 Å². The number of rotatable bonds is 6. The monoisotopic (exact) mass is 451 g/mol. The Morgan fingerprint density at radius 3 is 1.70 bits per heavy atom. The summed E-state index contributed by atoms with van der Waals surface area (Å²) < 4.78 is 1.08. The van der Waals surface area contributed by atoms with Gasteiger partial charge in [-0.05, 0) is 59.2 Å². The molecule has 0 bridgehead atoms. The number of hydrogen-bond acceptors (Lipinski definition) is 1. The molecule has 0 N–H and O–H groups in total. The average Bonchev–Trinajstić information content (AvgIpc) is 2.81. The van der Waals surface area contributed by atoms with Crippen molar-refractivity contribution in [3.05, 3.63) is 138 Å². The molecule has 0 spiro atoms. The number of halogens is 1. The Kier molecular flexibility index (Phi) is 6.26. The molecule has 146 valence electrons. The first-order chi connectivity index (χ1) is 14.8. The Labute approximate surface area is 186 Å². The molecule has 4 aromatic rings. The van der Waals surface area contributed by atoms with E-state index in [1.54, 1.807) is 0 Å². The van der Waals surface area contributed by atoms with E-state index < -0.39 is 0 Å². The van der Waals surface area contributed by atoms with Crippen LogP contribution in [0.5, 0.6) is 0 Å². The second kappa shape index (κ2) is 9.43. The van der Waals surface area contributed by atoms with Crippen LogP contribution >= 0.6 is 15.9 Å². The van der Waals surface area contributed by atoms with Crippen molar-refractivity contribution in [2.75, 3.05) is 4.90 Å². The molecule has 0 unspecified atom stereocenters. The Balaban J connectivity index is 1.79. The van der Waals surface area contributed by atoms with E-state index in [-0.39, 0.29) is 0 Å². The van der Waals surface area contributed by atoms with Crippen LogP contribution in [0, 0.1) is 0 Å². The fourth-order valence-corrected chi connectivity index (χ4v) is 3.73. The quantitative estimate of drug-likeness (QED) is 0.265. The minimum absolute atomic E-state index is 1.08. The molecule has 2 heteroatoms. The SMILES string of the molecule is C=C/C=C(\c1ccccc1)N(c1ccccc1)c1ccc(-c2ccc(Br)cc2)cc1. The van der Waals surface area contributed by atoms with Gasteiger partial charge in [-0.3, -0.25) is 0 Å². The maximum atomic E-state index is 3.95. The highest BCUT2D eigenvalue weighted by Crippen LogP contribution is 2.35. The Morgan fingerprint density at radius 2 is 1.13 bits per heavy atom. The van der Waals surface area contributed by atoms with Crippen molar-refractivity contribution in [2.45, 2.75) is 0 Å².